The van der Waals surface area contributed by atoms with Crippen molar-refractivity contribution in [2.24, 2.45) is 0 Å². The molecular weight excluding hydrogens is 408 g/mol. The summed E-state index contributed by atoms with van der Waals surface area (Å²) in [5, 5.41) is 10.2. The Morgan fingerprint density at radius 2 is 2.07 bits per heavy atom. The number of methoxy groups -OCH3 is 2. The van der Waals surface area contributed by atoms with Gasteiger partial charge in [-0.2, -0.15) is 5.10 Å². The standard InChI is InChI=1S/C20H18N4O3S2/c1-26-16-6-5-13(10-17(16)27-2)22-19(25)12-29-20-15-11-14(18-4-3-9-28-18)23-24(15)8-7-21-20/h3-11H,12H2,1-2H3,(H,22,25). The molecule has 0 spiro atoms. The first-order valence-corrected chi connectivity index (χ1v) is 10.6. The number of amides is 1. The molecule has 1 aromatic carbocycles. The number of carbonyl (C=O) groups excluding carboxylic acids is 1. The summed E-state index contributed by atoms with van der Waals surface area (Å²) in [4.78, 5) is 17.9. The van der Waals surface area contributed by atoms with Crippen LogP contribution in [0.4, 0.5) is 5.69 Å². The summed E-state index contributed by atoms with van der Waals surface area (Å²) in [5.41, 5.74) is 2.41. The molecule has 7 nitrogen and oxygen atoms in total. The van der Waals surface area contributed by atoms with E-state index < -0.39 is 0 Å². The van der Waals surface area contributed by atoms with Gasteiger partial charge >= 0.3 is 0 Å². The second kappa shape index (κ2) is 8.54. The van der Waals surface area contributed by atoms with Gasteiger partial charge in [0.05, 0.1) is 30.4 Å². The molecule has 0 saturated carbocycles. The van der Waals surface area contributed by atoms with Crippen molar-refractivity contribution >= 4 is 40.2 Å². The molecule has 4 aromatic rings. The fourth-order valence-electron chi connectivity index (χ4n) is 2.80. The third-order valence-electron chi connectivity index (χ3n) is 4.14. The molecule has 3 aromatic heterocycles. The van der Waals surface area contributed by atoms with Gasteiger partial charge in [0.25, 0.3) is 0 Å². The molecule has 3 heterocycles. The Kier molecular flexibility index (Phi) is 5.68. The SMILES string of the molecule is COc1ccc(NC(=O)CSc2nccn3nc(-c4cccs4)cc23)cc1OC. The van der Waals surface area contributed by atoms with E-state index in [9.17, 15) is 4.79 Å². The minimum absolute atomic E-state index is 0.135. The van der Waals surface area contributed by atoms with E-state index in [-0.39, 0.29) is 11.7 Å². The van der Waals surface area contributed by atoms with Crippen molar-refractivity contribution in [3.05, 3.63) is 54.2 Å². The van der Waals surface area contributed by atoms with Crippen molar-refractivity contribution in [1.29, 1.82) is 0 Å². The quantitative estimate of drug-likeness (QED) is 0.446. The van der Waals surface area contributed by atoms with Gasteiger partial charge < -0.3 is 14.8 Å². The van der Waals surface area contributed by atoms with Crippen molar-refractivity contribution in [1.82, 2.24) is 14.6 Å². The van der Waals surface area contributed by atoms with Crippen LogP contribution in [0.2, 0.25) is 0 Å². The predicted molar refractivity (Wildman–Crippen MR) is 115 cm³/mol. The number of thioether (sulfide) groups is 1. The minimum atomic E-state index is -0.135. The molecule has 0 saturated heterocycles. The minimum Gasteiger partial charge on any atom is -0.493 e. The first kappa shape index (κ1) is 19.3. The number of rotatable bonds is 7. The lowest BCUT2D eigenvalue weighted by atomic mass is 10.2. The van der Waals surface area contributed by atoms with Gasteiger partial charge in [0.15, 0.2) is 11.5 Å². The van der Waals surface area contributed by atoms with Gasteiger partial charge in [-0.1, -0.05) is 17.8 Å². The highest BCUT2D eigenvalue weighted by atomic mass is 32.2. The van der Waals surface area contributed by atoms with E-state index in [4.69, 9.17) is 9.47 Å². The predicted octanol–water partition coefficient (Wildman–Crippen LogP) is 4.21. The maximum absolute atomic E-state index is 12.4. The van der Waals surface area contributed by atoms with E-state index in [1.54, 1.807) is 60.7 Å². The Morgan fingerprint density at radius 1 is 1.21 bits per heavy atom. The maximum Gasteiger partial charge on any atom is 0.234 e. The molecule has 0 aliphatic heterocycles. The lowest BCUT2D eigenvalue weighted by molar-refractivity contribution is -0.113. The molecule has 0 aliphatic carbocycles. The van der Waals surface area contributed by atoms with Gasteiger partial charge in [0.1, 0.15) is 10.7 Å². The van der Waals surface area contributed by atoms with E-state index in [2.05, 4.69) is 15.4 Å². The molecule has 1 amide bonds. The summed E-state index contributed by atoms with van der Waals surface area (Å²) in [7, 11) is 3.13. The van der Waals surface area contributed by atoms with Crippen LogP contribution >= 0.6 is 23.1 Å². The maximum atomic E-state index is 12.4. The zero-order chi connectivity index (χ0) is 20.2. The molecule has 1 N–H and O–H groups in total. The molecule has 0 unspecified atom stereocenters. The number of hydrogen-bond donors (Lipinski definition) is 1. The molecule has 0 radical (unpaired) electrons. The fraction of sp³-hybridized carbons (Fsp3) is 0.150. The van der Waals surface area contributed by atoms with E-state index >= 15 is 0 Å². The third kappa shape index (κ3) is 4.20. The van der Waals surface area contributed by atoms with Crippen LogP contribution in [0.1, 0.15) is 0 Å². The molecular formula is C20H18N4O3S2. The summed E-state index contributed by atoms with van der Waals surface area (Å²) < 4.78 is 12.3. The monoisotopic (exact) mass is 426 g/mol. The number of benzene rings is 1. The lowest BCUT2D eigenvalue weighted by Crippen LogP contribution is -2.14. The summed E-state index contributed by atoms with van der Waals surface area (Å²) in [6.45, 7) is 0. The Balaban J connectivity index is 1.46. The van der Waals surface area contributed by atoms with Gasteiger partial charge in [-0.25, -0.2) is 9.50 Å². The van der Waals surface area contributed by atoms with E-state index in [1.807, 2.05) is 23.6 Å². The number of anilines is 1. The van der Waals surface area contributed by atoms with Gasteiger partial charge in [-0.3, -0.25) is 4.79 Å². The smallest absolute Gasteiger partial charge is 0.234 e. The van der Waals surface area contributed by atoms with E-state index in [1.165, 1.54) is 11.8 Å². The first-order chi connectivity index (χ1) is 14.2. The molecule has 0 fully saturated rings. The molecule has 29 heavy (non-hydrogen) atoms. The van der Waals surface area contributed by atoms with Crippen LogP contribution in [0.15, 0.2) is 59.2 Å². The van der Waals surface area contributed by atoms with Crippen LogP contribution in [0.5, 0.6) is 11.5 Å². The highest BCUT2D eigenvalue weighted by Crippen LogP contribution is 2.31. The van der Waals surface area contributed by atoms with Gasteiger partial charge in [-0.05, 0) is 29.6 Å². The second-order valence-electron chi connectivity index (χ2n) is 5.98. The highest BCUT2D eigenvalue weighted by Gasteiger charge is 2.13. The number of nitrogens with zero attached hydrogens (tertiary/aromatic N) is 3. The van der Waals surface area contributed by atoms with Crippen LogP contribution in [-0.4, -0.2) is 40.5 Å². The van der Waals surface area contributed by atoms with Crippen molar-refractivity contribution < 1.29 is 14.3 Å². The number of thiophene rings is 1. The van der Waals surface area contributed by atoms with Crippen LogP contribution in [-0.2, 0) is 4.79 Å². The largest absolute Gasteiger partial charge is 0.493 e. The Bertz CT molecular complexity index is 1140. The number of carbonyl (C=O) groups is 1. The van der Waals surface area contributed by atoms with E-state index in [0.29, 0.717) is 17.2 Å². The number of nitrogens with one attached hydrogen (secondary N) is 1. The Hall–Kier alpha value is -3.04. The topological polar surface area (TPSA) is 77.8 Å². The van der Waals surface area contributed by atoms with Gasteiger partial charge in [0, 0.05) is 24.1 Å². The Labute approximate surface area is 175 Å². The van der Waals surface area contributed by atoms with Gasteiger partial charge in [-0.15, -0.1) is 11.3 Å². The van der Waals surface area contributed by atoms with Crippen molar-refractivity contribution in [3.63, 3.8) is 0 Å². The van der Waals surface area contributed by atoms with Gasteiger partial charge in [0.2, 0.25) is 5.91 Å². The highest BCUT2D eigenvalue weighted by molar-refractivity contribution is 8.00. The number of aromatic nitrogens is 3. The average molecular weight is 427 g/mol. The number of hydrogen-bond acceptors (Lipinski definition) is 7. The van der Waals surface area contributed by atoms with Crippen LogP contribution in [0, 0.1) is 0 Å². The zero-order valence-corrected chi connectivity index (χ0v) is 17.4. The molecule has 0 bridgehead atoms. The second-order valence-corrected chi connectivity index (χ2v) is 7.89. The summed E-state index contributed by atoms with van der Waals surface area (Å²) >= 11 is 3.00. The number of fused-ring (bicyclic) bond motifs is 1. The lowest BCUT2D eigenvalue weighted by Gasteiger charge is -2.10. The van der Waals surface area contributed by atoms with E-state index in [0.717, 1.165) is 21.1 Å². The van der Waals surface area contributed by atoms with Crippen LogP contribution in [0.25, 0.3) is 16.1 Å². The molecule has 148 valence electrons. The van der Waals surface area contributed by atoms with Crippen molar-refractivity contribution in [3.8, 4) is 22.1 Å². The van der Waals surface area contributed by atoms with Crippen molar-refractivity contribution in [2.75, 3.05) is 25.3 Å². The third-order valence-corrected chi connectivity index (χ3v) is 6.02. The summed E-state index contributed by atoms with van der Waals surface area (Å²) in [6, 6.07) is 11.3. The summed E-state index contributed by atoms with van der Waals surface area (Å²) in [5.74, 6) is 1.26. The van der Waals surface area contributed by atoms with Crippen LogP contribution < -0.4 is 14.8 Å². The fourth-order valence-corrected chi connectivity index (χ4v) is 4.26. The molecule has 9 heteroatoms. The first-order valence-electron chi connectivity index (χ1n) is 8.71. The summed E-state index contributed by atoms with van der Waals surface area (Å²) in [6.07, 6.45) is 3.49. The number of ether oxygens (including phenoxy) is 2. The zero-order valence-electron chi connectivity index (χ0n) is 15.8. The van der Waals surface area contributed by atoms with Crippen LogP contribution in [0.3, 0.4) is 0 Å². The molecule has 4 rings (SSSR count). The Morgan fingerprint density at radius 3 is 2.83 bits per heavy atom. The van der Waals surface area contributed by atoms with Crippen molar-refractivity contribution in [2.45, 2.75) is 5.03 Å². The average Bonchev–Trinajstić information content (AvgIpc) is 3.41. The molecule has 0 atom stereocenters. The normalized spacial score (nSPS) is 10.8. The molecule has 0 aliphatic rings.